The van der Waals surface area contributed by atoms with E-state index in [0.717, 1.165) is 12.1 Å². The molecule has 2 aromatic carbocycles. The van der Waals surface area contributed by atoms with Crippen LogP contribution in [0.25, 0.3) is 0 Å². The number of hydrogen-bond acceptors (Lipinski definition) is 2. The number of hydrogen-bond donors (Lipinski definition) is 2. The maximum absolute atomic E-state index is 12.4. The van der Waals surface area contributed by atoms with Crippen LogP contribution in [-0.4, -0.2) is 17.2 Å². The first-order valence-electron chi connectivity index (χ1n) is 6.63. The van der Waals surface area contributed by atoms with E-state index < -0.39 is 0 Å². The summed E-state index contributed by atoms with van der Waals surface area (Å²) in [7, 11) is 0. The number of phenolic OH excluding ortho intramolecular Hbond substituents is 1. The van der Waals surface area contributed by atoms with Crippen LogP contribution in [0.5, 0.6) is 5.75 Å². The molecule has 0 radical (unpaired) electrons. The lowest BCUT2D eigenvalue weighted by Crippen LogP contribution is -2.39. The molecule has 1 atom stereocenters. The van der Waals surface area contributed by atoms with E-state index in [1.165, 1.54) is 5.56 Å². The second-order valence-electron chi connectivity index (χ2n) is 5.00. The Balaban J connectivity index is 1.86. The molecule has 0 saturated heterocycles. The van der Waals surface area contributed by atoms with Gasteiger partial charge in [0.05, 0.1) is 5.69 Å². The number of fused-ring (bicyclic) bond motifs is 1. The lowest BCUT2D eigenvalue weighted by Gasteiger charge is -2.23. The number of rotatable bonds is 1. The Morgan fingerprint density at radius 3 is 2.70 bits per heavy atom. The summed E-state index contributed by atoms with van der Waals surface area (Å²) in [5, 5.41) is 12.5. The second-order valence-corrected chi connectivity index (χ2v) is 5.00. The van der Waals surface area contributed by atoms with Crippen molar-refractivity contribution in [1.82, 2.24) is 0 Å². The Kier molecular flexibility index (Phi) is 3.06. The van der Waals surface area contributed by atoms with Crippen LogP contribution in [0.3, 0.4) is 0 Å². The Bertz CT molecular complexity index is 654. The maximum atomic E-state index is 12.4. The van der Waals surface area contributed by atoms with E-state index >= 15 is 0 Å². The van der Waals surface area contributed by atoms with E-state index in [-0.39, 0.29) is 17.8 Å². The number of aromatic hydroxyl groups is 1. The number of carbonyl (C=O) groups is 1. The minimum absolute atomic E-state index is 0.0704. The standard InChI is InChI=1S/C16H16N2O2/c1-11-10-12-6-2-4-8-14(12)18(11)16(20)17-13-7-3-5-9-15(13)19/h2-9,11,19H,10H2,1H3,(H,17,20). The van der Waals surface area contributed by atoms with Crippen LogP contribution in [0, 0.1) is 0 Å². The number of anilines is 2. The fourth-order valence-corrected chi connectivity index (χ4v) is 2.63. The van der Waals surface area contributed by atoms with Gasteiger partial charge in [0, 0.05) is 11.7 Å². The maximum Gasteiger partial charge on any atom is 0.326 e. The van der Waals surface area contributed by atoms with Gasteiger partial charge >= 0.3 is 6.03 Å². The Morgan fingerprint density at radius 2 is 1.90 bits per heavy atom. The van der Waals surface area contributed by atoms with Crippen LogP contribution in [0.4, 0.5) is 16.2 Å². The van der Waals surface area contributed by atoms with Gasteiger partial charge in [0.2, 0.25) is 0 Å². The molecular formula is C16H16N2O2. The van der Waals surface area contributed by atoms with Crippen LogP contribution in [0.15, 0.2) is 48.5 Å². The zero-order chi connectivity index (χ0) is 14.1. The summed E-state index contributed by atoms with van der Waals surface area (Å²) in [5.74, 6) is 0.0704. The molecule has 2 N–H and O–H groups in total. The van der Waals surface area contributed by atoms with Crippen LogP contribution in [0.1, 0.15) is 12.5 Å². The van der Waals surface area contributed by atoms with E-state index in [0.29, 0.717) is 5.69 Å². The molecule has 1 unspecified atom stereocenters. The van der Waals surface area contributed by atoms with Crippen LogP contribution >= 0.6 is 0 Å². The number of benzene rings is 2. The molecule has 4 heteroatoms. The lowest BCUT2D eigenvalue weighted by molar-refractivity contribution is 0.255. The summed E-state index contributed by atoms with van der Waals surface area (Å²) in [4.78, 5) is 14.2. The minimum atomic E-state index is -0.219. The van der Waals surface area contributed by atoms with Crippen molar-refractivity contribution < 1.29 is 9.90 Å². The number of nitrogens with one attached hydrogen (secondary N) is 1. The average Bonchev–Trinajstić information content (AvgIpc) is 2.77. The third-order valence-corrected chi connectivity index (χ3v) is 3.57. The van der Waals surface area contributed by atoms with Crippen LogP contribution in [-0.2, 0) is 6.42 Å². The summed E-state index contributed by atoms with van der Waals surface area (Å²) in [6.45, 7) is 2.02. The molecule has 1 aliphatic heterocycles. The third kappa shape index (κ3) is 2.09. The molecule has 0 fully saturated rings. The van der Waals surface area contributed by atoms with E-state index in [2.05, 4.69) is 5.32 Å². The summed E-state index contributed by atoms with van der Waals surface area (Å²) in [5.41, 5.74) is 2.54. The van der Waals surface area contributed by atoms with Crippen molar-refractivity contribution in [2.24, 2.45) is 0 Å². The fraction of sp³-hybridized carbons (Fsp3) is 0.188. The number of carbonyl (C=O) groups excluding carboxylic acids is 1. The largest absolute Gasteiger partial charge is 0.506 e. The van der Waals surface area contributed by atoms with Gasteiger partial charge in [-0.15, -0.1) is 0 Å². The van der Waals surface area contributed by atoms with E-state index in [9.17, 15) is 9.90 Å². The first-order valence-corrected chi connectivity index (χ1v) is 6.63. The molecule has 4 nitrogen and oxygen atoms in total. The van der Waals surface area contributed by atoms with Crippen molar-refractivity contribution >= 4 is 17.4 Å². The van der Waals surface area contributed by atoms with Gasteiger partial charge < -0.3 is 10.4 Å². The molecule has 2 amide bonds. The molecule has 0 bridgehead atoms. The van der Waals surface area contributed by atoms with Gasteiger partial charge in [0.25, 0.3) is 0 Å². The number of phenols is 1. The lowest BCUT2D eigenvalue weighted by atomic mass is 10.1. The Morgan fingerprint density at radius 1 is 1.20 bits per heavy atom. The summed E-state index contributed by atoms with van der Waals surface area (Å²) in [6.07, 6.45) is 0.852. The van der Waals surface area contributed by atoms with E-state index in [1.54, 1.807) is 29.2 Å². The quantitative estimate of drug-likeness (QED) is 0.779. The molecule has 2 aromatic rings. The molecule has 1 heterocycles. The minimum Gasteiger partial charge on any atom is -0.506 e. The first-order chi connectivity index (χ1) is 9.66. The monoisotopic (exact) mass is 268 g/mol. The van der Waals surface area contributed by atoms with Crippen LogP contribution < -0.4 is 10.2 Å². The topological polar surface area (TPSA) is 52.6 Å². The summed E-state index contributed by atoms with van der Waals surface area (Å²) < 4.78 is 0. The van der Waals surface area contributed by atoms with Crippen molar-refractivity contribution in [2.75, 3.05) is 10.2 Å². The number of nitrogens with zero attached hydrogens (tertiary/aromatic N) is 1. The highest BCUT2D eigenvalue weighted by atomic mass is 16.3. The molecule has 1 aliphatic rings. The summed E-state index contributed by atoms with van der Waals surface area (Å²) >= 11 is 0. The molecule has 0 spiro atoms. The van der Waals surface area contributed by atoms with Gasteiger partial charge in [-0.25, -0.2) is 4.79 Å². The Hall–Kier alpha value is -2.49. The predicted molar refractivity (Wildman–Crippen MR) is 79.2 cm³/mol. The van der Waals surface area contributed by atoms with Crippen LogP contribution in [0.2, 0.25) is 0 Å². The van der Waals surface area contributed by atoms with Crippen molar-refractivity contribution in [1.29, 1.82) is 0 Å². The van der Waals surface area contributed by atoms with Gasteiger partial charge in [-0.05, 0) is 37.1 Å². The first kappa shape index (κ1) is 12.5. The number of amides is 2. The highest BCUT2D eigenvalue weighted by Crippen LogP contribution is 2.33. The van der Waals surface area contributed by atoms with Crippen molar-refractivity contribution in [3.8, 4) is 5.75 Å². The molecule has 102 valence electrons. The number of para-hydroxylation sites is 3. The molecular weight excluding hydrogens is 252 g/mol. The van der Waals surface area contributed by atoms with Gasteiger partial charge in [0.1, 0.15) is 5.75 Å². The number of urea groups is 1. The van der Waals surface area contributed by atoms with E-state index in [4.69, 9.17) is 0 Å². The molecule has 0 aliphatic carbocycles. The molecule has 0 aromatic heterocycles. The van der Waals surface area contributed by atoms with Crippen molar-refractivity contribution in [3.63, 3.8) is 0 Å². The van der Waals surface area contributed by atoms with Gasteiger partial charge in [-0.3, -0.25) is 4.90 Å². The zero-order valence-electron chi connectivity index (χ0n) is 11.2. The average molecular weight is 268 g/mol. The normalized spacial score (nSPS) is 16.9. The van der Waals surface area contributed by atoms with Gasteiger partial charge in [0.15, 0.2) is 0 Å². The van der Waals surface area contributed by atoms with Crippen molar-refractivity contribution in [3.05, 3.63) is 54.1 Å². The van der Waals surface area contributed by atoms with Gasteiger partial charge in [-0.2, -0.15) is 0 Å². The van der Waals surface area contributed by atoms with E-state index in [1.807, 2.05) is 31.2 Å². The zero-order valence-corrected chi connectivity index (χ0v) is 11.2. The van der Waals surface area contributed by atoms with Crippen molar-refractivity contribution in [2.45, 2.75) is 19.4 Å². The molecule has 3 rings (SSSR count). The van der Waals surface area contributed by atoms with Gasteiger partial charge in [-0.1, -0.05) is 30.3 Å². The molecule has 20 heavy (non-hydrogen) atoms. The second kappa shape index (κ2) is 4.89. The SMILES string of the molecule is CC1Cc2ccccc2N1C(=O)Nc1ccccc1O. The fourth-order valence-electron chi connectivity index (χ4n) is 2.63. The smallest absolute Gasteiger partial charge is 0.326 e. The third-order valence-electron chi connectivity index (χ3n) is 3.57. The summed E-state index contributed by atoms with van der Waals surface area (Å²) in [6, 6.07) is 14.5. The molecule has 0 saturated carbocycles. The highest BCUT2D eigenvalue weighted by Gasteiger charge is 2.30. The highest BCUT2D eigenvalue weighted by molar-refractivity contribution is 6.04. The Labute approximate surface area is 117 Å². The predicted octanol–water partition coefficient (Wildman–Crippen LogP) is 3.38.